The molecular weight excluding hydrogens is 1210 g/mol. The van der Waals surface area contributed by atoms with Crippen molar-refractivity contribution in [3.8, 4) is 0 Å². The highest BCUT2D eigenvalue weighted by Crippen LogP contribution is 2.45. The second-order valence-corrected chi connectivity index (χ2v) is 31.1. The molecule has 0 bridgehead atoms. The van der Waals surface area contributed by atoms with Gasteiger partial charge in [0.25, 0.3) is 0 Å². The molecule has 0 aliphatic carbocycles. The van der Waals surface area contributed by atoms with E-state index in [-0.39, 0.29) is 25.7 Å². The summed E-state index contributed by atoms with van der Waals surface area (Å²) in [7, 11) is -9.91. The van der Waals surface area contributed by atoms with Crippen LogP contribution in [-0.4, -0.2) is 96.7 Å². The molecule has 17 nitrogen and oxygen atoms in total. The van der Waals surface area contributed by atoms with E-state index in [0.717, 1.165) is 114 Å². The molecule has 0 heterocycles. The number of unbranched alkanes of at least 4 members (excludes halogenated alkanes) is 36. The maximum atomic E-state index is 13.0. The monoisotopic (exact) mass is 1350 g/mol. The maximum absolute atomic E-state index is 13.0. The molecular formula is C73H142O17P2. The van der Waals surface area contributed by atoms with E-state index in [2.05, 4.69) is 55.4 Å². The lowest BCUT2D eigenvalue weighted by molar-refractivity contribution is -0.161. The number of rotatable bonds is 70. The predicted molar refractivity (Wildman–Crippen MR) is 372 cm³/mol. The number of phosphoric ester groups is 2. The standard InChI is InChI=1S/C73H142O17P2/c1-63(2)49-41-33-25-19-13-11-9-10-12-14-23-29-39-47-55-72(77)90-69(60-84-71(76)54-46-38-32-31-36-44-52-66(7)8)62-88-92(81,82)86-58-67(74)57-85-91(79,80)87-61-68(89-73(78)56-48-40-30-24-18-16-21-27-35-43-51-65(5)6)59-83-70(75)53-45-37-28-22-17-15-20-26-34-42-50-64(3)4/h63-69,74H,9-62H2,1-8H3,(H,79,80)(H,81,82)/t67-,68-,69-/m1/s1. The summed E-state index contributed by atoms with van der Waals surface area (Å²) in [5.74, 6) is 0.859. The van der Waals surface area contributed by atoms with Crippen LogP contribution in [-0.2, 0) is 65.4 Å². The SMILES string of the molecule is CC(C)CCCCCCCCCCCCCCCCC(=O)O[C@H](COC(=O)CCCCCCCCC(C)C)COP(=O)(O)OC[C@H](O)COP(=O)(O)OC[C@@H](COC(=O)CCCCCCCCCCCCC(C)C)OC(=O)CCCCCCCCCCCCC(C)C. The number of ether oxygens (including phenoxy) is 4. The van der Waals surface area contributed by atoms with Crippen molar-refractivity contribution in [1.29, 1.82) is 0 Å². The molecule has 19 heteroatoms. The van der Waals surface area contributed by atoms with E-state index in [9.17, 15) is 43.2 Å². The first-order valence-electron chi connectivity index (χ1n) is 37.7. The molecule has 0 aromatic rings. The fourth-order valence-electron chi connectivity index (χ4n) is 11.0. The van der Waals surface area contributed by atoms with Crippen LogP contribution in [0.15, 0.2) is 0 Å². The van der Waals surface area contributed by atoms with E-state index >= 15 is 0 Å². The number of hydrogen-bond donors (Lipinski definition) is 3. The van der Waals surface area contributed by atoms with Gasteiger partial charge < -0.3 is 33.8 Å². The molecule has 92 heavy (non-hydrogen) atoms. The Hall–Kier alpha value is -1.94. The normalized spacial score (nSPS) is 14.2. The number of aliphatic hydroxyl groups is 1. The number of hydrogen-bond acceptors (Lipinski definition) is 15. The summed E-state index contributed by atoms with van der Waals surface area (Å²) in [5, 5.41) is 10.6. The molecule has 0 aromatic heterocycles. The highest BCUT2D eigenvalue weighted by Gasteiger charge is 2.30. The molecule has 0 amide bonds. The highest BCUT2D eigenvalue weighted by atomic mass is 31.2. The molecule has 0 rings (SSSR count). The van der Waals surface area contributed by atoms with Crippen molar-refractivity contribution in [3.05, 3.63) is 0 Å². The Bertz CT molecular complexity index is 1820. The summed E-state index contributed by atoms with van der Waals surface area (Å²) in [6.07, 6.45) is 45.9. The molecule has 2 unspecified atom stereocenters. The third-order valence-electron chi connectivity index (χ3n) is 16.8. The minimum absolute atomic E-state index is 0.105. The topological polar surface area (TPSA) is 237 Å². The van der Waals surface area contributed by atoms with Gasteiger partial charge in [-0.25, -0.2) is 9.13 Å². The summed E-state index contributed by atoms with van der Waals surface area (Å²) >= 11 is 0. The fraction of sp³-hybridized carbons (Fsp3) is 0.945. The van der Waals surface area contributed by atoms with Crippen molar-refractivity contribution < 1.29 is 80.2 Å². The van der Waals surface area contributed by atoms with Crippen LogP contribution in [0.4, 0.5) is 0 Å². The van der Waals surface area contributed by atoms with Gasteiger partial charge in [-0.3, -0.25) is 37.3 Å². The molecule has 3 N–H and O–H groups in total. The van der Waals surface area contributed by atoms with Gasteiger partial charge in [0, 0.05) is 25.7 Å². The van der Waals surface area contributed by atoms with Crippen LogP contribution in [0.2, 0.25) is 0 Å². The molecule has 0 spiro atoms. The fourth-order valence-corrected chi connectivity index (χ4v) is 12.6. The van der Waals surface area contributed by atoms with Crippen LogP contribution in [0, 0.1) is 23.7 Å². The number of carbonyl (C=O) groups is 4. The van der Waals surface area contributed by atoms with E-state index < -0.39 is 97.5 Å². The van der Waals surface area contributed by atoms with E-state index in [1.807, 2.05) is 0 Å². The Morgan fingerprint density at radius 2 is 0.457 bits per heavy atom. The Kier molecular flexibility index (Phi) is 61.3. The minimum Gasteiger partial charge on any atom is -0.462 e. The second-order valence-electron chi connectivity index (χ2n) is 28.2. The second kappa shape index (κ2) is 62.6. The minimum atomic E-state index is -4.95. The van der Waals surface area contributed by atoms with Crippen molar-refractivity contribution in [2.45, 2.75) is 382 Å². The van der Waals surface area contributed by atoms with Gasteiger partial charge in [0.05, 0.1) is 26.4 Å². The first kappa shape index (κ1) is 90.1. The van der Waals surface area contributed by atoms with E-state index in [0.29, 0.717) is 31.6 Å². The van der Waals surface area contributed by atoms with Crippen LogP contribution in [0.3, 0.4) is 0 Å². The van der Waals surface area contributed by atoms with Crippen molar-refractivity contribution in [2.75, 3.05) is 39.6 Å². The lowest BCUT2D eigenvalue weighted by Gasteiger charge is -2.21. The molecule has 546 valence electrons. The molecule has 0 aliphatic heterocycles. The molecule has 0 radical (unpaired) electrons. The first-order chi connectivity index (χ1) is 44.1. The average molecular weight is 1350 g/mol. The van der Waals surface area contributed by atoms with Crippen LogP contribution < -0.4 is 0 Å². The van der Waals surface area contributed by atoms with Crippen molar-refractivity contribution in [1.82, 2.24) is 0 Å². The predicted octanol–water partition coefficient (Wildman–Crippen LogP) is 20.9. The Morgan fingerprint density at radius 3 is 0.674 bits per heavy atom. The molecule has 0 saturated heterocycles. The molecule has 0 aromatic carbocycles. The summed E-state index contributed by atoms with van der Waals surface area (Å²) in [5.41, 5.74) is 0. The summed E-state index contributed by atoms with van der Waals surface area (Å²) in [6.45, 7) is 14.1. The summed E-state index contributed by atoms with van der Waals surface area (Å²) < 4.78 is 68.4. The highest BCUT2D eigenvalue weighted by molar-refractivity contribution is 7.47. The van der Waals surface area contributed by atoms with Crippen molar-refractivity contribution in [3.63, 3.8) is 0 Å². The van der Waals surface area contributed by atoms with Crippen LogP contribution >= 0.6 is 15.6 Å². The quantitative estimate of drug-likeness (QED) is 0.0222. The van der Waals surface area contributed by atoms with Gasteiger partial charge in [-0.15, -0.1) is 0 Å². The molecule has 0 fully saturated rings. The third-order valence-corrected chi connectivity index (χ3v) is 18.7. The maximum Gasteiger partial charge on any atom is 0.472 e. The Balaban J connectivity index is 5.23. The Morgan fingerprint density at radius 1 is 0.272 bits per heavy atom. The zero-order valence-corrected chi connectivity index (χ0v) is 62.0. The number of carbonyl (C=O) groups excluding carboxylic acids is 4. The van der Waals surface area contributed by atoms with Crippen LogP contribution in [0.25, 0.3) is 0 Å². The zero-order valence-electron chi connectivity index (χ0n) is 60.2. The van der Waals surface area contributed by atoms with Gasteiger partial charge in [0.2, 0.25) is 0 Å². The smallest absolute Gasteiger partial charge is 0.462 e. The Labute approximate surface area is 562 Å². The summed E-state index contributed by atoms with van der Waals surface area (Å²) in [6, 6.07) is 0. The van der Waals surface area contributed by atoms with E-state index in [1.165, 1.54) is 161 Å². The molecule has 0 aliphatic rings. The van der Waals surface area contributed by atoms with Gasteiger partial charge in [0.1, 0.15) is 19.3 Å². The largest absolute Gasteiger partial charge is 0.472 e. The van der Waals surface area contributed by atoms with Gasteiger partial charge in [0.15, 0.2) is 12.2 Å². The van der Waals surface area contributed by atoms with E-state index in [4.69, 9.17) is 37.0 Å². The van der Waals surface area contributed by atoms with Gasteiger partial charge >= 0.3 is 39.5 Å². The van der Waals surface area contributed by atoms with Crippen LogP contribution in [0.5, 0.6) is 0 Å². The van der Waals surface area contributed by atoms with E-state index in [1.54, 1.807) is 0 Å². The number of aliphatic hydroxyl groups excluding tert-OH is 1. The lowest BCUT2D eigenvalue weighted by atomic mass is 10.0. The average Bonchev–Trinajstić information content (AvgIpc) is 2.44. The van der Waals surface area contributed by atoms with Gasteiger partial charge in [-0.05, 0) is 49.4 Å². The number of esters is 4. The third kappa shape index (κ3) is 66.7. The van der Waals surface area contributed by atoms with Gasteiger partial charge in [-0.2, -0.15) is 0 Å². The van der Waals surface area contributed by atoms with Gasteiger partial charge in [-0.1, -0.05) is 312 Å². The molecule has 0 saturated carbocycles. The van der Waals surface area contributed by atoms with Crippen molar-refractivity contribution >= 4 is 39.5 Å². The molecule has 5 atom stereocenters. The van der Waals surface area contributed by atoms with Crippen molar-refractivity contribution in [2.24, 2.45) is 23.7 Å². The first-order valence-corrected chi connectivity index (χ1v) is 40.7. The summed E-state index contributed by atoms with van der Waals surface area (Å²) in [4.78, 5) is 72.6. The number of phosphoric acid groups is 2. The lowest BCUT2D eigenvalue weighted by Crippen LogP contribution is -2.30. The zero-order chi connectivity index (χ0) is 68.2. The van der Waals surface area contributed by atoms with Crippen LogP contribution in [0.1, 0.15) is 364 Å².